The minimum atomic E-state index is 0.118. The molecule has 2 rings (SSSR count). The molecule has 0 bridgehead atoms. The van der Waals surface area contributed by atoms with Crippen LogP contribution in [0, 0.1) is 6.42 Å². The Kier molecular flexibility index (Phi) is 3.94. The second kappa shape index (κ2) is 5.66. The Hall–Kier alpha value is -1.35. The molecule has 0 unspecified atom stereocenters. The molecular weight excluding hydrogens is 202 g/mol. The summed E-state index contributed by atoms with van der Waals surface area (Å²) < 4.78 is 5.20. The number of benzene rings is 1. The van der Waals surface area contributed by atoms with E-state index in [-0.39, 0.29) is 5.91 Å². The quantitative estimate of drug-likeness (QED) is 0.765. The number of hydrogen-bond acceptors (Lipinski definition) is 2. The van der Waals surface area contributed by atoms with E-state index in [1.807, 2.05) is 35.2 Å². The molecule has 1 aliphatic heterocycles. The average Bonchev–Trinajstić information content (AvgIpc) is 2.38. The highest BCUT2D eigenvalue weighted by molar-refractivity contribution is 5.85. The van der Waals surface area contributed by atoms with E-state index in [0.29, 0.717) is 32.7 Å². The number of carbonyl (C=O) groups is 1. The molecule has 0 aromatic heterocycles. The van der Waals surface area contributed by atoms with Gasteiger partial charge in [0.1, 0.15) is 0 Å². The van der Waals surface area contributed by atoms with Crippen LogP contribution in [0.5, 0.6) is 0 Å². The van der Waals surface area contributed by atoms with Gasteiger partial charge in [0.25, 0.3) is 0 Å². The van der Waals surface area contributed by atoms with Gasteiger partial charge >= 0.3 is 0 Å². The van der Waals surface area contributed by atoms with Crippen molar-refractivity contribution in [3.05, 3.63) is 42.3 Å². The number of hydrogen-bond donors (Lipinski definition) is 0. The van der Waals surface area contributed by atoms with E-state index in [2.05, 4.69) is 0 Å². The van der Waals surface area contributed by atoms with Crippen molar-refractivity contribution < 1.29 is 9.53 Å². The van der Waals surface area contributed by atoms with Gasteiger partial charge in [-0.15, -0.1) is 0 Å². The van der Waals surface area contributed by atoms with Gasteiger partial charge < -0.3 is 9.64 Å². The number of rotatable bonds is 3. The molecule has 0 saturated carbocycles. The van der Waals surface area contributed by atoms with Crippen molar-refractivity contribution in [3.63, 3.8) is 0 Å². The second-order valence-corrected chi connectivity index (χ2v) is 3.83. The van der Waals surface area contributed by atoms with Gasteiger partial charge in [-0.3, -0.25) is 4.79 Å². The van der Waals surface area contributed by atoms with Crippen LogP contribution in [0.4, 0.5) is 0 Å². The summed E-state index contributed by atoms with van der Waals surface area (Å²) in [5, 5.41) is 0. The Bertz CT molecular complexity index is 331. The standard InChI is InChI=1S/C13H16NO2/c15-13(14-8-10-16-11-9-14)7-6-12-4-2-1-3-5-12/h1-5,7H,6,8-11H2. The molecule has 16 heavy (non-hydrogen) atoms. The number of nitrogens with zero attached hydrogens (tertiary/aromatic N) is 1. The van der Waals surface area contributed by atoms with Crippen molar-refractivity contribution in [3.8, 4) is 0 Å². The monoisotopic (exact) mass is 218 g/mol. The minimum Gasteiger partial charge on any atom is -0.378 e. The van der Waals surface area contributed by atoms with Crippen molar-refractivity contribution in [2.75, 3.05) is 26.3 Å². The smallest absolute Gasteiger partial charge is 0.226 e. The fourth-order valence-electron chi connectivity index (χ4n) is 1.73. The zero-order valence-electron chi connectivity index (χ0n) is 9.26. The van der Waals surface area contributed by atoms with Crippen molar-refractivity contribution in [1.82, 2.24) is 4.90 Å². The first kappa shape index (κ1) is 11.1. The SMILES string of the molecule is O=C([CH]Cc1ccccc1)N1CCOCC1. The van der Waals surface area contributed by atoms with Crippen LogP contribution in [0.1, 0.15) is 5.56 Å². The van der Waals surface area contributed by atoms with E-state index >= 15 is 0 Å². The van der Waals surface area contributed by atoms with Crippen molar-refractivity contribution in [1.29, 1.82) is 0 Å². The van der Waals surface area contributed by atoms with Crippen LogP contribution >= 0.6 is 0 Å². The largest absolute Gasteiger partial charge is 0.378 e. The van der Waals surface area contributed by atoms with E-state index < -0.39 is 0 Å². The molecule has 1 aromatic carbocycles. The van der Waals surface area contributed by atoms with Gasteiger partial charge in [-0.2, -0.15) is 0 Å². The third-order valence-electron chi connectivity index (χ3n) is 2.68. The Morgan fingerprint density at radius 1 is 1.25 bits per heavy atom. The van der Waals surface area contributed by atoms with E-state index in [4.69, 9.17) is 4.74 Å². The van der Waals surface area contributed by atoms with Gasteiger partial charge in [0.05, 0.1) is 19.6 Å². The molecule has 0 atom stereocenters. The first-order valence-electron chi connectivity index (χ1n) is 5.60. The Labute approximate surface area is 96.0 Å². The maximum Gasteiger partial charge on any atom is 0.226 e. The van der Waals surface area contributed by atoms with Crippen molar-refractivity contribution in [2.24, 2.45) is 0 Å². The summed E-state index contributed by atoms with van der Waals surface area (Å²) >= 11 is 0. The number of ether oxygens (including phenoxy) is 1. The van der Waals surface area contributed by atoms with Gasteiger partial charge in [-0.05, 0) is 12.0 Å². The first-order valence-corrected chi connectivity index (χ1v) is 5.60. The molecule has 1 amide bonds. The van der Waals surface area contributed by atoms with Crippen LogP contribution in [-0.2, 0) is 16.0 Å². The van der Waals surface area contributed by atoms with Gasteiger partial charge in [-0.1, -0.05) is 30.3 Å². The van der Waals surface area contributed by atoms with E-state index in [1.54, 1.807) is 6.42 Å². The zero-order chi connectivity index (χ0) is 11.2. The molecule has 1 saturated heterocycles. The molecule has 0 spiro atoms. The average molecular weight is 218 g/mol. The summed E-state index contributed by atoms with van der Waals surface area (Å²) in [4.78, 5) is 13.6. The van der Waals surface area contributed by atoms with Crippen LogP contribution in [0.25, 0.3) is 0 Å². The Balaban J connectivity index is 1.79. The first-order chi connectivity index (χ1) is 7.86. The number of morpholine rings is 1. The van der Waals surface area contributed by atoms with Crippen LogP contribution in [0.15, 0.2) is 30.3 Å². The van der Waals surface area contributed by atoms with Crippen LogP contribution in [0.3, 0.4) is 0 Å². The molecule has 0 aliphatic carbocycles. The molecule has 1 aromatic rings. The van der Waals surface area contributed by atoms with Gasteiger partial charge in [-0.25, -0.2) is 0 Å². The topological polar surface area (TPSA) is 29.5 Å². The predicted octanol–water partition coefficient (Wildman–Crippen LogP) is 1.29. The molecule has 85 valence electrons. The van der Waals surface area contributed by atoms with Crippen molar-refractivity contribution in [2.45, 2.75) is 6.42 Å². The van der Waals surface area contributed by atoms with E-state index in [0.717, 1.165) is 0 Å². The molecule has 1 aliphatic rings. The van der Waals surface area contributed by atoms with Gasteiger partial charge in [0, 0.05) is 13.1 Å². The molecule has 1 heterocycles. The molecule has 1 fully saturated rings. The summed E-state index contributed by atoms with van der Waals surface area (Å²) in [5.74, 6) is 0.118. The maximum atomic E-state index is 11.8. The summed E-state index contributed by atoms with van der Waals surface area (Å²) in [7, 11) is 0. The summed E-state index contributed by atoms with van der Waals surface area (Å²) in [6, 6.07) is 10.0. The lowest BCUT2D eigenvalue weighted by molar-refractivity contribution is -0.131. The fraction of sp³-hybridized carbons (Fsp3) is 0.385. The van der Waals surface area contributed by atoms with Gasteiger partial charge in [0.2, 0.25) is 5.91 Å². The Morgan fingerprint density at radius 3 is 2.62 bits per heavy atom. The van der Waals surface area contributed by atoms with Crippen LogP contribution in [-0.4, -0.2) is 37.1 Å². The fourth-order valence-corrected chi connectivity index (χ4v) is 1.73. The maximum absolute atomic E-state index is 11.8. The predicted molar refractivity (Wildman–Crippen MR) is 61.8 cm³/mol. The number of amides is 1. The molecule has 0 N–H and O–H groups in total. The molecular formula is C13H16NO2. The zero-order valence-corrected chi connectivity index (χ0v) is 9.26. The van der Waals surface area contributed by atoms with Crippen molar-refractivity contribution >= 4 is 5.91 Å². The molecule has 3 nitrogen and oxygen atoms in total. The second-order valence-electron chi connectivity index (χ2n) is 3.83. The lowest BCUT2D eigenvalue weighted by atomic mass is 10.1. The van der Waals surface area contributed by atoms with E-state index in [1.165, 1.54) is 5.56 Å². The third-order valence-corrected chi connectivity index (χ3v) is 2.68. The summed E-state index contributed by atoms with van der Waals surface area (Å²) in [6.45, 7) is 2.74. The lowest BCUT2D eigenvalue weighted by Crippen LogP contribution is -2.41. The number of carbonyl (C=O) groups excluding carboxylic acids is 1. The lowest BCUT2D eigenvalue weighted by Gasteiger charge is -2.26. The normalized spacial score (nSPS) is 16.1. The molecule has 1 radical (unpaired) electrons. The Morgan fingerprint density at radius 2 is 1.94 bits per heavy atom. The summed E-state index contributed by atoms with van der Waals surface area (Å²) in [6.07, 6.45) is 2.46. The minimum absolute atomic E-state index is 0.118. The third kappa shape index (κ3) is 3.07. The highest BCUT2D eigenvalue weighted by atomic mass is 16.5. The van der Waals surface area contributed by atoms with E-state index in [9.17, 15) is 4.79 Å². The van der Waals surface area contributed by atoms with Crippen LogP contribution in [0.2, 0.25) is 0 Å². The summed E-state index contributed by atoms with van der Waals surface area (Å²) in [5.41, 5.74) is 1.17. The molecule has 3 heteroatoms. The highest BCUT2D eigenvalue weighted by Gasteiger charge is 2.16. The van der Waals surface area contributed by atoms with Gasteiger partial charge in [0.15, 0.2) is 0 Å². The highest BCUT2D eigenvalue weighted by Crippen LogP contribution is 2.05. The van der Waals surface area contributed by atoms with Crippen LogP contribution < -0.4 is 0 Å².